The van der Waals surface area contributed by atoms with E-state index in [9.17, 15) is 0 Å². The first-order chi connectivity index (χ1) is 8.08. The van der Waals surface area contributed by atoms with Crippen molar-refractivity contribution in [3.8, 4) is 0 Å². The third-order valence-corrected chi connectivity index (χ3v) is 4.11. The summed E-state index contributed by atoms with van der Waals surface area (Å²) in [5.74, 6) is 0.254. The molecule has 2 N–H and O–H groups in total. The molecule has 2 rings (SSSR count). The van der Waals surface area contributed by atoms with Gasteiger partial charge in [0.15, 0.2) is 0 Å². The quantitative estimate of drug-likeness (QED) is 0.846. The zero-order valence-electron chi connectivity index (χ0n) is 8.32. The second-order valence-electron chi connectivity index (χ2n) is 3.06. The molecule has 0 unspecified atom stereocenters. The third kappa shape index (κ3) is 2.96. The first kappa shape index (κ1) is 12.8. The van der Waals surface area contributed by atoms with Crippen molar-refractivity contribution in [1.29, 1.82) is 0 Å². The van der Waals surface area contributed by atoms with Crippen LogP contribution in [-0.4, -0.2) is 9.97 Å². The minimum Gasteiger partial charge on any atom is -0.382 e. The van der Waals surface area contributed by atoms with Crippen LogP contribution in [0.2, 0.25) is 15.1 Å². The Balaban J connectivity index is 2.31. The summed E-state index contributed by atoms with van der Waals surface area (Å²) in [6.07, 6.45) is 1.36. The van der Waals surface area contributed by atoms with Crippen LogP contribution in [0.15, 0.2) is 34.4 Å². The molecule has 1 aromatic heterocycles. The minimum absolute atomic E-state index is 0.254. The van der Waals surface area contributed by atoms with Gasteiger partial charge in [0.2, 0.25) is 0 Å². The maximum Gasteiger partial charge on any atom is 0.146 e. The molecule has 0 bridgehead atoms. The highest BCUT2D eigenvalue weighted by Crippen LogP contribution is 2.35. The summed E-state index contributed by atoms with van der Waals surface area (Å²) in [5.41, 5.74) is 5.58. The zero-order valence-corrected chi connectivity index (χ0v) is 11.4. The number of rotatable bonds is 2. The average molecular weight is 307 g/mol. The van der Waals surface area contributed by atoms with Gasteiger partial charge in [0.1, 0.15) is 22.2 Å². The fourth-order valence-corrected chi connectivity index (χ4v) is 2.50. The number of benzene rings is 1. The van der Waals surface area contributed by atoms with E-state index in [4.69, 9.17) is 40.5 Å². The van der Waals surface area contributed by atoms with E-state index in [1.54, 1.807) is 12.1 Å². The number of hydrogen-bond acceptors (Lipinski definition) is 4. The topological polar surface area (TPSA) is 51.8 Å². The summed E-state index contributed by atoms with van der Waals surface area (Å²) in [6.45, 7) is 0. The van der Waals surface area contributed by atoms with Gasteiger partial charge in [0, 0.05) is 4.90 Å². The second kappa shape index (κ2) is 5.31. The summed E-state index contributed by atoms with van der Waals surface area (Å²) in [7, 11) is 0. The van der Waals surface area contributed by atoms with E-state index in [1.165, 1.54) is 18.1 Å². The SMILES string of the molecule is Nc1ncnc(Sc2ccc(Cl)c(Cl)c2)c1Cl. The molecule has 0 radical (unpaired) electrons. The van der Waals surface area contributed by atoms with Gasteiger partial charge in [-0.25, -0.2) is 9.97 Å². The smallest absolute Gasteiger partial charge is 0.146 e. The molecule has 17 heavy (non-hydrogen) atoms. The number of nitrogens with zero attached hydrogens (tertiary/aromatic N) is 2. The van der Waals surface area contributed by atoms with E-state index in [0.717, 1.165) is 4.90 Å². The fraction of sp³-hybridized carbons (Fsp3) is 0. The van der Waals surface area contributed by atoms with Crippen LogP contribution >= 0.6 is 46.6 Å². The van der Waals surface area contributed by atoms with Crippen molar-refractivity contribution in [3.63, 3.8) is 0 Å². The number of aromatic nitrogens is 2. The number of hydrogen-bond donors (Lipinski definition) is 1. The zero-order chi connectivity index (χ0) is 12.4. The average Bonchev–Trinajstić information content (AvgIpc) is 2.30. The summed E-state index contributed by atoms with van der Waals surface area (Å²) in [5, 5.41) is 1.90. The molecule has 0 saturated heterocycles. The van der Waals surface area contributed by atoms with Crippen molar-refractivity contribution < 1.29 is 0 Å². The van der Waals surface area contributed by atoms with Gasteiger partial charge in [-0.15, -0.1) is 0 Å². The molecule has 0 atom stereocenters. The highest BCUT2D eigenvalue weighted by molar-refractivity contribution is 7.99. The molecular formula is C10H6Cl3N3S. The maximum atomic E-state index is 5.98. The van der Waals surface area contributed by atoms with Crippen LogP contribution in [0.3, 0.4) is 0 Å². The Labute approximate surface area is 117 Å². The van der Waals surface area contributed by atoms with E-state index >= 15 is 0 Å². The largest absolute Gasteiger partial charge is 0.382 e. The summed E-state index contributed by atoms with van der Waals surface area (Å²) < 4.78 is 0. The fourth-order valence-electron chi connectivity index (χ4n) is 1.09. The van der Waals surface area contributed by atoms with E-state index in [1.807, 2.05) is 6.07 Å². The van der Waals surface area contributed by atoms with Crippen molar-refractivity contribution in [3.05, 3.63) is 39.6 Å². The maximum absolute atomic E-state index is 5.98. The summed E-state index contributed by atoms with van der Waals surface area (Å²) in [4.78, 5) is 8.71. The highest BCUT2D eigenvalue weighted by atomic mass is 35.5. The van der Waals surface area contributed by atoms with Gasteiger partial charge in [-0.3, -0.25) is 0 Å². The van der Waals surface area contributed by atoms with E-state index in [2.05, 4.69) is 9.97 Å². The van der Waals surface area contributed by atoms with Crippen LogP contribution in [0.25, 0.3) is 0 Å². The molecule has 0 saturated carbocycles. The molecule has 1 heterocycles. The molecule has 1 aromatic carbocycles. The van der Waals surface area contributed by atoms with Crippen LogP contribution in [0, 0.1) is 0 Å². The molecule has 3 nitrogen and oxygen atoms in total. The standard InChI is InChI=1S/C10H6Cl3N3S/c11-6-2-1-5(3-7(6)12)17-10-8(13)9(14)15-4-16-10/h1-4H,(H2,14,15,16). The molecule has 0 amide bonds. The predicted octanol–water partition coefficient (Wildman–Crippen LogP) is 4.17. The minimum atomic E-state index is 0.254. The molecule has 7 heteroatoms. The second-order valence-corrected chi connectivity index (χ2v) is 5.31. The summed E-state index contributed by atoms with van der Waals surface area (Å²) in [6, 6.07) is 5.28. The number of anilines is 1. The number of nitrogens with two attached hydrogens (primary N) is 1. The molecule has 2 aromatic rings. The van der Waals surface area contributed by atoms with Crippen LogP contribution in [0.1, 0.15) is 0 Å². The van der Waals surface area contributed by atoms with Crippen LogP contribution in [0.5, 0.6) is 0 Å². The number of halogens is 3. The third-order valence-electron chi connectivity index (χ3n) is 1.89. The lowest BCUT2D eigenvalue weighted by atomic mass is 10.4. The van der Waals surface area contributed by atoms with Gasteiger partial charge in [-0.1, -0.05) is 46.6 Å². The monoisotopic (exact) mass is 305 g/mol. The number of nitrogen functional groups attached to an aromatic ring is 1. The van der Waals surface area contributed by atoms with Gasteiger partial charge in [0.25, 0.3) is 0 Å². The van der Waals surface area contributed by atoms with Crippen LogP contribution in [0.4, 0.5) is 5.82 Å². The van der Waals surface area contributed by atoms with Crippen molar-refractivity contribution in [2.75, 3.05) is 5.73 Å². The van der Waals surface area contributed by atoms with Crippen molar-refractivity contribution in [1.82, 2.24) is 9.97 Å². The molecule has 0 aliphatic heterocycles. The molecule has 0 aliphatic rings. The van der Waals surface area contributed by atoms with Crippen molar-refractivity contribution in [2.45, 2.75) is 9.92 Å². The lowest BCUT2D eigenvalue weighted by molar-refractivity contribution is 1.05. The normalized spacial score (nSPS) is 10.5. The van der Waals surface area contributed by atoms with E-state index in [0.29, 0.717) is 20.1 Å². The molecular weight excluding hydrogens is 301 g/mol. The first-order valence-corrected chi connectivity index (χ1v) is 6.42. The molecule has 0 aliphatic carbocycles. The summed E-state index contributed by atoms with van der Waals surface area (Å²) >= 11 is 19.1. The Hall–Kier alpha value is -0.680. The Kier molecular flexibility index (Phi) is 3.99. The molecule has 88 valence electrons. The Morgan fingerprint density at radius 3 is 2.53 bits per heavy atom. The molecule has 0 spiro atoms. The van der Waals surface area contributed by atoms with Crippen LogP contribution < -0.4 is 5.73 Å². The van der Waals surface area contributed by atoms with E-state index < -0.39 is 0 Å². The first-order valence-electron chi connectivity index (χ1n) is 4.47. The Bertz CT molecular complexity index is 562. The predicted molar refractivity (Wildman–Crippen MR) is 72.0 cm³/mol. The highest BCUT2D eigenvalue weighted by Gasteiger charge is 2.09. The van der Waals surface area contributed by atoms with Gasteiger partial charge in [0.05, 0.1) is 10.0 Å². The van der Waals surface area contributed by atoms with Gasteiger partial charge in [-0.2, -0.15) is 0 Å². The van der Waals surface area contributed by atoms with Crippen molar-refractivity contribution in [2.24, 2.45) is 0 Å². The Morgan fingerprint density at radius 2 is 1.82 bits per heavy atom. The van der Waals surface area contributed by atoms with Crippen molar-refractivity contribution >= 4 is 52.4 Å². The Morgan fingerprint density at radius 1 is 1.06 bits per heavy atom. The lowest BCUT2D eigenvalue weighted by Crippen LogP contribution is -1.94. The van der Waals surface area contributed by atoms with Crippen LogP contribution in [-0.2, 0) is 0 Å². The van der Waals surface area contributed by atoms with Gasteiger partial charge < -0.3 is 5.73 Å². The lowest BCUT2D eigenvalue weighted by Gasteiger charge is -2.05. The van der Waals surface area contributed by atoms with Gasteiger partial charge >= 0.3 is 0 Å². The molecule has 0 fully saturated rings. The van der Waals surface area contributed by atoms with E-state index in [-0.39, 0.29) is 5.82 Å². The van der Waals surface area contributed by atoms with Gasteiger partial charge in [-0.05, 0) is 18.2 Å².